The van der Waals surface area contributed by atoms with Crippen molar-refractivity contribution in [1.29, 1.82) is 0 Å². The maximum Gasteiger partial charge on any atom is 0.229 e. The molecule has 5 heteroatoms. The Morgan fingerprint density at radius 1 is 1.05 bits per heavy atom. The van der Waals surface area contributed by atoms with Crippen LogP contribution in [-0.4, -0.2) is 11.8 Å². The van der Waals surface area contributed by atoms with Crippen molar-refractivity contribution in [2.45, 2.75) is 26.4 Å². The first-order valence-electron chi connectivity index (χ1n) is 6.75. The molecule has 2 aromatic rings. The number of benzene rings is 1. The van der Waals surface area contributed by atoms with E-state index in [2.05, 4.69) is 10.6 Å². The second-order valence-electron chi connectivity index (χ2n) is 4.80. The Morgan fingerprint density at radius 2 is 1.81 bits per heavy atom. The van der Waals surface area contributed by atoms with Gasteiger partial charge in [0.05, 0.1) is 12.8 Å². The van der Waals surface area contributed by atoms with Crippen LogP contribution in [-0.2, 0) is 22.7 Å². The molecule has 110 valence electrons. The number of amides is 2. The molecule has 0 fully saturated rings. The molecule has 0 aliphatic carbocycles. The first kappa shape index (κ1) is 14.8. The number of carbonyl (C=O) groups is 2. The molecule has 1 heterocycles. The first-order valence-corrected chi connectivity index (χ1v) is 6.75. The molecule has 5 nitrogen and oxygen atoms in total. The van der Waals surface area contributed by atoms with Gasteiger partial charge in [-0.05, 0) is 24.6 Å². The maximum atomic E-state index is 11.7. The van der Waals surface area contributed by atoms with Gasteiger partial charge in [-0.1, -0.05) is 29.8 Å². The quantitative estimate of drug-likeness (QED) is 0.797. The van der Waals surface area contributed by atoms with Gasteiger partial charge in [-0.15, -0.1) is 0 Å². The van der Waals surface area contributed by atoms with E-state index in [1.807, 2.05) is 31.2 Å². The van der Waals surface area contributed by atoms with Gasteiger partial charge in [0.25, 0.3) is 0 Å². The monoisotopic (exact) mass is 286 g/mol. The number of furan rings is 1. The summed E-state index contributed by atoms with van der Waals surface area (Å²) in [4.78, 5) is 23.3. The summed E-state index contributed by atoms with van der Waals surface area (Å²) in [6.45, 7) is 2.70. The highest BCUT2D eigenvalue weighted by atomic mass is 16.3. The summed E-state index contributed by atoms with van der Waals surface area (Å²) in [7, 11) is 0. The van der Waals surface area contributed by atoms with E-state index in [0.717, 1.165) is 11.1 Å². The number of hydrogen-bond donors (Lipinski definition) is 2. The van der Waals surface area contributed by atoms with Crippen LogP contribution in [0.1, 0.15) is 23.3 Å². The van der Waals surface area contributed by atoms with E-state index in [4.69, 9.17) is 4.42 Å². The Hall–Kier alpha value is -2.56. The molecule has 2 N–H and O–H groups in total. The highest BCUT2D eigenvalue weighted by Crippen LogP contribution is 2.03. The smallest absolute Gasteiger partial charge is 0.229 e. The van der Waals surface area contributed by atoms with Crippen molar-refractivity contribution in [2.24, 2.45) is 0 Å². The van der Waals surface area contributed by atoms with E-state index in [9.17, 15) is 9.59 Å². The van der Waals surface area contributed by atoms with Gasteiger partial charge in [-0.2, -0.15) is 0 Å². The van der Waals surface area contributed by atoms with Crippen molar-refractivity contribution >= 4 is 11.8 Å². The third-order valence-corrected chi connectivity index (χ3v) is 2.93. The molecule has 0 unspecified atom stereocenters. The number of hydrogen-bond acceptors (Lipinski definition) is 3. The molecule has 0 aliphatic rings. The van der Waals surface area contributed by atoms with Gasteiger partial charge in [-0.25, -0.2) is 0 Å². The third-order valence-electron chi connectivity index (χ3n) is 2.93. The topological polar surface area (TPSA) is 71.3 Å². The fourth-order valence-electron chi connectivity index (χ4n) is 1.89. The standard InChI is InChI=1S/C16H18N2O3/c1-12-4-2-5-13(8-12)10-17-15(19)9-16(20)18-11-14-6-3-7-21-14/h2-8H,9-11H2,1H3,(H,17,19)(H,18,20). The van der Waals surface area contributed by atoms with Crippen LogP contribution in [0.3, 0.4) is 0 Å². The van der Waals surface area contributed by atoms with Crippen molar-refractivity contribution in [2.75, 3.05) is 0 Å². The third kappa shape index (κ3) is 5.14. The first-order chi connectivity index (χ1) is 10.1. The van der Waals surface area contributed by atoms with Gasteiger partial charge < -0.3 is 15.1 Å². The van der Waals surface area contributed by atoms with Crippen LogP contribution in [0.5, 0.6) is 0 Å². The normalized spacial score (nSPS) is 10.1. The van der Waals surface area contributed by atoms with E-state index in [0.29, 0.717) is 12.3 Å². The minimum Gasteiger partial charge on any atom is -0.467 e. The fraction of sp³-hybridized carbons (Fsp3) is 0.250. The van der Waals surface area contributed by atoms with Crippen LogP contribution in [0.15, 0.2) is 47.1 Å². The van der Waals surface area contributed by atoms with Gasteiger partial charge in [0.15, 0.2) is 0 Å². The summed E-state index contributed by atoms with van der Waals surface area (Å²) in [5, 5.41) is 5.36. The van der Waals surface area contributed by atoms with Crippen molar-refractivity contribution in [3.8, 4) is 0 Å². The van der Waals surface area contributed by atoms with E-state index < -0.39 is 0 Å². The van der Waals surface area contributed by atoms with Crippen LogP contribution in [0.2, 0.25) is 0 Å². The Bertz CT molecular complexity index is 606. The van der Waals surface area contributed by atoms with Crippen LogP contribution in [0.4, 0.5) is 0 Å². The zero-order chi connectivity index (χ0) is 15.1. The van der Waals surface area contributed by atoms with Gasteiger partial charge in [0.2, 0.25) is 11.8 Å². The number of rotatable bonds is 6. The predicted molar refractivity (Wildman–Crippen MR) is 78.2 cm³/mol. The summed E-state index contributed by atoms with van der Waals surface area (Å²) >= 11 is 0. The lowest BCUT2D eigenvalue weighted by Crippen LogP contribution is -2.31. The summed E-state index contributed by atoms with van der Waals surface area (Å²) < 4.78 is 5.09. The molecule has 0 saturated carbocycles. The fourth-order valence-corrected chi connectivity index (χ4v) is 1.89. The number of nitrogens with one attached hydrogen (secondary N) is 2. The molecule has 0 atom stereocenters. The molecule has 2 amide bonds. The molecular formula is C16H18N2O3. The molecule has 1 aromatic carbocycles. The van der Waals surface area contributed by atoms with Gasteiger partial charge in [0, 0.05) is 6.54 Å². The predicted octanol–water partition coefficient (Wildman–Crippen LogP) is 1.91. The van der Waals surface area contributed by atoms with Crippen molar-refractivity contribution in [1.82, 2.24) is 10.6 Å². The second kappa shape index (κ2) is 7.28. The van der Waals surface area contributed by atoms with Crippen molar-refractivity contribution in [3.05, 3.63) is 59.5 Å². The van der Waals surface area contributed by atoms with Crippen LogP contribution < -0.4 is 10.6 Å². The van der Waals surface area contributed by atoms with E-state index >= 15 is 0 Å². The van der Waals surface area contributed by atoms with Crippen LogP contribution in [0.25, 0.3) is 0 Å². The Kier molecular flexibility index (Phi) is 5.15. The molecule has 0 spiro atoms. The minimum absolute atomic E-state index is 0.188. The molecule has 0 saturated heterocycles. The highest BCUT2D eigenvalue weighted by Gasteiger charge is 2.09. The van der Waals surface area contributed by atoms with Gasteiger partial charge in [-0.3, -0.25) is 9.59 Å². The molecule has 21 heavy (non-hydrogen) atoms. The summed E-state index contributed by atoms with van der Waals surface area (Å²) in [6.07, 6.45) is 1.35. The Morgan fingerprint density at radius 3 is 2.48 bits per heavy atom. The Balaban J connectivity index is 1.70. The zero-order valence-corrected chi connectivity index (χ0v) is 11.9. The molecule has 0 aliphatic heterocycles. The Labute approximate surface area is 123 Å². The SMILES string of the molecule is Cc1cccc(CNC(=O)CC(=O)NCc2ccco2)c1. The largest absolute Gasteiger partial charge is 0.467 e. The average Bonchev–Trinajstić information content (AvgIpc) is 2.96. The molecule has 0 bridgehead atoms. The highest BCUT2D eigenvalue weighted by molar-refractivity contribution is 5.96. The van der Waals surface area contributed by atoms with Crippen LogP contribution >= 0.6 is 0 Å². The molecule has 0 radical (unpaired) electrons. The number of aryl methyl sites for hydroxylation is 1. The van der Waals surface area contributed by atoms with Crippen molar-refractivity contribution < 1.29 is 14.0 Å². The van der Waals surface area contributed by atoms with E-state index in [-0.39, 0.29) is 24.8 Å². The lowest BCUT2D eigenvalue weighted by atomic mass is 10.1. The molecule has 2 rings (SSSR count). The molecule has 1 aromatic heterocycles. The van der Waals surface area contributed by atoms with Crippen LogP contribution in [0, 0.1) is 6.92 Å². The second-order valence-corrected chi connectivity index (χ2v) is 4.80. The summed E-state index contributed by atoms with van der Waals surface area (Å²) in [5.74, 6) is 0.0325. The van der Waals surface area contributed by atoms with Gasteiger partial charge >= 0.3 is 0 Å². The van der Waals surface area contributed by atoms with Crippen molar-refractivity contribution in [3.63, 3.8) is 0 Å². The summed E-state index contributed by atoms with van der Waals surface area (Å²) in [6, 6.07) is 11.4. The van der Waals surface area contributed by atoms with E-state index in [1.165, 1.54) is 6.26 Å². The summed E-state index contributed by atoms with van der Waals surface area (Å²) in [5.41, 5.74) is 2.15. The lowest BCUT2D eigenvalue weighted by Gasteiger charge is -2.06. The average molecular weight is 286 g/mol. The van der Waals surface area contributed by atoms with Gasteiger partial charge in [0.1, 0.15) is 12.2 Å². The maximum absolute atomic E-state index is 11.7. The minimum atomic E-state index is -0.326. The zero-order valence-electron chi connectivity index (χ0n) is 11.9. The lowest BCUT2D eigenvalue weighted by molar-refractivity contribution is -0.129. The van der Waals surface area contributed by atoms with E-state index in [1.54, 1.807) is 12.1 Å². The molecular weight excluding hydrogens is 268 g/mol. The number of carbonyl (C=O) groups excluding carboxylic acids is 2.